The predicted molar refractivity (Wildman–Crippen MR) is 78.0 cm³/mol. The second kappa shape index (κ2) is 5.95. The molecule has 0 aliphatic carbocycles. The number of piperidine rings is 1. The molecule has 2 atom stereocenters. The zero-order chi connectivity index (χ0) is 12.3. The molecule has 0 aromatic carbocycles. The summed E-state index contributed by atoms with van der Waals surface area (Å²) in [4.78, 5) is 10.8. The minimum absolute atomic E-state index is 0.428. The molecular weight excluding hydrogens is 327 g/mol. The summed E-state index contributed by atoms with van der Waals surface area (Å²) in [6.07, 6.45) is 7.17. The lowest BCUT2D eigenvalue weighted by molar-refractivity contribution is 0.334. The lowest BCUT2D eigenvalue weighted by Gasteiger charge is -2.39. The van der Waals surface area contributed by atoms with Gasteiger partial charge in [-0.1, -0.05) is 13.3 Å². The van der Waals surface area contributed by atoms with Crippen LogP contribution in [0, 0.1) is 9.49 Å². The number of nitrogens with zero attached hydrogens (tertiary/aromatic N) is 3. The van der Waals surface area contributed by atoms with Crippen molar-refractivity contribution >= 4 is 28.4 Å². The molecule has 2 heterocycles. The third-order valence-electron chi connectivity index (χ3n) is 3.59. The van der Waals surface area contributed by atoms with Gasteiger partial charge >= 0.3 is 0 Å². The van der Waals surface area contributed by atoms with Gasteiger partial charge in [-0.05, 0) is 41.4 Å². The zero-order valence-corrected chi connectivity index (χ0v) is 12.3. The average molecular weight is 346 g/mol. The molecule has 5 heteroatoms. The Kier molecular flexibility index (Phi) is 4.55. The van der Waals surface area contributed by atoms with E-state index in [1.165, 1.54) is 19.3 Å². The number of rotatable bonds is 3. The maximum atomic E-state index is 5.91. The van der Waals surface area contributed by atoms with Gasteiger partial charge in [0.25, 0.3) is 0 Å². The van der Waals surface area contributed by atoms with Gasteiger partial charge in [0.2, 0.25) is 0 Å². The van der Waals surface area contributed by atoms with E-state index in [-0.39, 0.29) is 0 Å². The van der Waals surface area contributed by atoms with Gasteiger partial charge in [-0.3, -0.25) is 0 Å². The van der Waals surface area contributed by atoms with E-state index in [1.807, 2.05) is 6.20 Å². The summed E-state index contributed by atoms with van der Waals surface area (Å²) in [5.74, 6) is 1.87. The van der Waals surface area contributed by atoms with E-state index in [0.717, 1.165) is 21.9 Å². The van der Waals surface area contributed by atoms with Crippen LogP contribution in [-0.2, 0) is 0 Å². The first kappa shape index (κ1) is 13.0. The smallest absolute Gasteiger partial charge is 0.145 e. The van der Waals surface area contributed by atoms with Crippen LogP contribution in [0.5, 0.6) is 0 Å². The van der Waals surface area contributed by atoms with Crippen LogP contribution in [0.1, 0.15) is 26.2 Å². The number of hydrogen-bond donors (Lipinski definition) is 1. The first-order chi connectivity index (χ1) is 8.26. The van der Waals surface area contributed by atoms with Crippen LogP contribution in [0.15, 0.2) is 12.5 Å². The maximum Gasteiger partial charge on any atom is 0.145 e. The fraction of sp³-hybridized carbons (Fsp3) is 0.667. The molecule has 1 fully saturated rings. The van der Waals surface area contributed by atoms with Crippen LogP contribution in [0.3, 0.4) is 0 Å². The van der Waals surface area contributed by atoms with Crippen LogP contribution >= 0.6 is 22.6 Å². The van der Waals surface area contributed by atoms with E-state index >= 15 is 0 Å². The molecule has 2 unspecified atom stereocenters. The third-order valence-corrected chi connectivity index (χ3v) is 4.36. The van der Waals surface area contributed by atoms with Crippen molar-refractivity contribution in [2.24, 2.45) is 11.7 Å². The van der Waals surface area contributed by atoms with Gasteiger partial charge in [0, 0.05) is 25.3 Å². The molecule has 0 spiro atoms. The fourth-order valence-electron chi connectivity index (χ4n) is 2.52. The van der Waals surface area contributed by atoms with Crippen molar-refractivity contribution in [3.8, 4) is 0 Å². The molecule has 2 rings (SSSR count). The van der Waals surface area contributed by atoms with Gasteiger partial charge < -0.3 is 10.6 Å². The molecular formula is C12H19IN4. The van der Waals surface area contributed by atoms with E-state index in [0.29, 0.717) is 12.6 Å². The fourth-order valence-corrected chi connectivity index (χ4v) is 3.13. The molecule has 4 nitrogen and oxygen atoms in total. The van der Waals surface area contributed by atoms with E-state index in [1.54, 1.807) is 6.33 Å². The monoisotopic (exact) mass is 346 g/mol. The molecule has 1 aromatic heterocycles. The molecule has 17 heavy (non-hydrogen) atoms. The quantitative estimate of drug-likeness (QED) is 0.851. The molecule has 1 aliphatic heterocycles. The molecule has 0 saturated carbocycles. The summed E-state index contributed by atoms with van der Waals surface area (Å²) in [5.41, 5.74) is 5.91. The highest BCUT2D eigenvalue weighted by Crippen LogP contribution is 2.30. The predicted octanol–water partition coefficient (Wildman–Crippen LogP) is 2.03. The van der Waals surface area contributed by atoms with Crippen LogP contribution in [-0.4, -0.2) is 29.1 Å². The van der Waals surface area contributed by atoms with Crippen molar-refractivity contribution in [1.29, 1.82) is 0 Å². The SMILES string of the molecule is CCC1CCN(c2ncncc2I)C(CN)C1. The Balaban J connectivity index is 2.18. The Morgan fingerprint density at radius 1 is 1.59 bits per heavy atom. The normalized spacial score (nSPS) is 25.0. The van der Waals surface area contributed by atoms with Crippen molar-refractivity contribution in [2.75, 3.05) is 18.0 Å². The van der Waals surface area contributed by atoms with Crippen LogP contribution < -0.4 is 10.6 Å². The third kappa shape index (κ3) is 2.88. The van der Waals surface area contributed by atoms with Gasteiger partial charge in [-0.25, -0.2) is 9.97 Å². The van der Waals surface area contributed by atoms with Gasteiger partial charge in [0.05, 0.1) is 3.57 Å². The highest BCUT2D eigenvalue weighted by Gasteiger charge is 2.28. The summed E-state index contributed by atoms with van der Waals surface area (Å²) in [7, 11) is 0. The molecule has 1 saturated heterocycles. The summed E-state index contributed by atoms with van der Waals surface area (Å²) in [6.45, 7) is 4.03. The summed E-state index contributed by atoms with van der Waals surface area (Å²) in [5, 5.41) is 0. The number of anilines is 1. The highest BCUT2D eigenvalue weighted by molar-refractivity contribution is 14.1. The van der Waals surface area contributed by atoms with E-state index in [4.69, 9.17) is 5.73 Å². The number of halogens is 1. The summed E-state index contributed by atoms with van der Waals surface area (Å²) >= 11 is 2.30. The average Bonchev–Trinajstić information content (AvgIpc) is 2.38. The maximum absolute atomic E-state index is 5.91. The van der Waals surface area contributed by atoms with Crippen molar-refractivity contribution in [3.05, 3.63) is 16.1 Å². The number of hydrogen-bond acceptors (Lipinski definition) is 4. The standard InChI is InChI=1S/C12H19IN4/c1-2-9-3-4-17(10(5-9)6-14)12-11(13)7-15-8-16-12/h7-10H,2-6,14H2,1H3. The summed E-state index contributed by atoms with van der Waals surface area (Å²) in [6, 6.07) is 0.428. The molecule has 1 aliphatic rings. The Hall–Kier alpha value is -0.430. The highest BCUT2D eigenvalue weighted by atomic mass is 127. The Morgan fingerprint density at radius 3 is 3.06 bits per heavy atom. The molecule has 0 amide bonds. The largest absolute Gasteiger partial charge is 0.351 e. The second-order valence-corrected chi connectivity index (χ2v) is 5.74. The Bertz CT molecular complexity index is 371. The van der Waals surface area contributed by atoms with Gasteiger partial charge in [-0.2, -0.15) is 0 Å². The van der Waals surface area contributed by atoms with Crippen LogP contribution in [0.2, 0.25) is 0 Å². The molecule has 0 radical (unpaired) electrons. The minimum atomic E-state index is 0.428. The van der Waals surface area contributed by atoms with Crippen molar-refractivity contribution < 1.29 is 0 Å². The summed E-state index contributed by atoms with van der Waals surface area (Å²) < 4.78 is 1.11. The lowest BCUT2D eigenvalue weighted by atomic mass is 9.89. The molecule has 1 aromatic rings. The van der Waals surface area contributed by atoms with Crippen molar-refractivity contribution in [1.82, 2.24) is 9.97 Å². The van der Waals surface area contributed by atoms with Gasteiger partial charge in [0.1, 0.15) is 12.1 Å². The Morgan fingerprint density at radius 2 is 2.41 bits per heavy atom. The van der Waals surface area contributed by atoms with Crippen molar-refractivity contribution in [3.63, 3.8) is 0 Å². The number of aromatic nitrogens is 2. The zero-order valence-electron chi connectivity index (χ0n) is 10.1. The first-order valence-electron chi connectivity index (χ1n) is 6.18. The Labute approximate surface area is 116 Å². The second-order valence-electron chi connectivity index (χ2n) is 4.58. The van der Waals surface area contributed by atoms with Crippen LogP contribution in [0.4, 0.5) is 5.82 Å². The molecule has 0 bridgehead atoms. The van der Waals surface area contributed by atoms with E-state index < -0.39 is 0 Å². The minimum Gasteiger partial charge on any atom is -0.351 e. The van der Waals surface area contributed by atoms with E-state index in [9.17, 15) is 0 Å². The van der Waals surface area contributed by atoms with Crippen molar-refractivity contribution in [2.45, 2.75) is 32.2 Å². The van der Waals surface area contributed by atoms with Crippen LogP contribution in [0.25, 0.3) is 0 Å². The van der Waals surface area contributed by atoms with Gasteiger partial charge in [-0.15, -0.1) is 0 Å². The first-order valence-corrected chi connectivity index (χ1v) is 7.26. The molecule has 94 valence electrons. The lowest BCUT2D eigenvalue weighted by Crippen LogP contribution is -2.47. The molecule has 2 N–H and O–H groups in total. The topological polar surface area (TPSA) is 55.0 Å². The van der Waals surface area contributed by atoms with E-state index in [2.05, 4.69) is 44.4 Å². The van der Waals surface area contributed by atoms with Gasteiger partial charge in [0.15, 0.2) is 0 Å². The number of nitrogens with two attached hydrogens (primary N) is 1.